The van der Waals surface area contributed by atoms with E-state index in [2.05, 4.69) is 29.1 Å². The number of ketones is 1. The minimum absolute atomic E-state index is 0.180. The van der Waals surface area contributed by atoms with Gasteiger partial charge >= 0.3 is 0 Å². The number of carbonyl (C=O) groups is 1. The van der Waals surface area contributed by atoms with Crippen molar-refractivity contribution < 1.29 is 14.3 Å². The molecular formula is C25H32N2O3. The zero-order chi connectivity index (χ0) is 21.2. The molecule has 1 heterocycles. The summed E-state index contributed by atoms with van der Waals surface area (Å²) in [5, 5.41) is 0. The van der Waals surface area contributed by atoms with Crippen molar-refractivity contribution in [1.29, 1.82) is 0 Å². The van der Waals surface area contributed by atoms with Gasteiger partial charge in [0.1, 0.15) is 23.8 Å². The van der Waals surface area contributed by atoms with E-state index in [9.17, 15) is 4.79 Å². The first kappa shape index (κ1) is 22.0. The lowest BCUT2D eigenvalue weighted by Gasteiger charge is -2.17. The maximum Gasteiger partial charge on any atom is 0.162 e. The minimum atomic E-state index is 0.180. The van der Waals surface area contributed by atoms with Crippen LogP contribution in [-0.2, 0) is 6.42 Å². The van der Waals surface area contributed by atoms with E-state index in [1.165, 1.54) is 5.56 Å². The highest BCUT2D eigenvalue weighted by Crippen LogP contribution is 2.30. The SMILES string of the molecule is CCOc1ccccc1CCN(C)CCCCCC(=O)c1ccc2c(c1)N=CCO2. The maximum atomic E-state index is 12.5. The second-order valence-corrected chi connectivity index (χ2v) is 7.63. The van der Waals surface area contributed by atoms with Crippen LogP contribution in [0.5, 0.6) is 11.5 Å². The predicted molar refractivity (Wildman–Crippen MR) is 122 cm³/mol. The number of rotatable bonds is 12. The molecule has 2 aromatic rings. The minimum Gasteiger partial charge on any atom is -0.494 e. The first-order chi connectivity index (χ1) is 14.7. The summed E-state index contributed by atoms with van der Waals surface area (Å²) in [6, 6.07) is 13.8. The largest absolute Gasteiger partial charge is 0.494 e. The van der Waals surface area contributed by atoms with Crippen LogP contribution in [0.25, 0.3) is 0 Å². The summed E-state index contributed by atoms with van der Waals surface area (Å²) in [4.78, 5) is 19.1. The molecule has 0 bridgehead atoms. The van der Waals surface area contributed by atoms with Gasteiger partial charge in [-0.15, -0.1) is 0 Å². The number of carbonyl (C=O) groups excluding carboxylic acids is 1. The molecule has 0 unspecified atom stereocenters. The van der Waals surface area contributed by atoms with Gasteiger partial charge < -0.3 is 14.4 Å². The van der Waals surface area contributed by atoms with E-state index in [-0.39, 0.29) is 5.78 Å². The number of aliphatic imine (C=N–C) groups is 1. The average molecular weight is 409 g/mol. The van der Waals surface area contributed by atoms with Crippen molar-refractivity contribution in [2.24, 2.45) is 4.99 Å². The lowest BCUT2D eigenvalue weighted by molar-refractivity contribution is 0.0979. The fourth-order valence-corrected chi connectivity index (χ4v) is 3.59. The Morgan fingerprint density at radius 2 is 2.00 bits per heavy atom. The molecule has 30 heavy (non-hydrogen) atoms. The highest BCUT2D eigenvalue weighted by molar-refractivity contribution is 5.97. The van der Waals surface area contributed by atoms with Crippen LogP contribution in [0.15, 0.2) is 47.5 Å². The van der Waals surface area contributed by atoms with E-state index in [1.807, 2.05) is 37.3 Å². The Labute approximate surface area is 179 Å². The number of nitrogens with zero attached hydrogens (tertiary/aromatic N) is 2. The van der Waals surface area contributed by atoms with E-state index >= 15 is 0 Å². The topological polar surface area (TPSA) is 51.1 Å². The number of ether oxygens (including phenoxy) is 2. The zero-order valence-electron chi connectivity index (χ0n) is 18.1. The third-order valence-corrected chi connectivity index (χ3v) is 5.30. The van der Waals surface area contributed by atoms with Gasteiger partial charge in [0.05, 0.1) is 6.61 Å². The van der Waals surface area contributed by atoms with Gasteiger partial charge in [-0.2, -0.15) is 0 Å². The zero-order valence-corrected chi connectivity index (χ0v) is 18.1. The molecule has 0 saturated carbocycles. The quantitative estimate of drug-likeness (QED) is 0.362. The number of unbranched alkanes of at least 4 members (excludes halogenated alkanes) is 2. The number of Topliss-reactive ketones (excluding diaryl/α,β-unsaturated/α-hetero) is 1. The standard InChI is InChI=1S/C25H32N2O3/c1-3-29-24-11-7-6-9-20(24)14-17-27(2)16-8-4-5-10-23(28)21-12-13-25-22(19-21)26-15-18-30-25/h6-7,9,11-13,15,19H,3-5,8,10,14,16-18H2,1-2H3. The van der Waals surface area contributed by atoms with Crippen molar-refractivity contribution >= 4 is 17.7 Å². The Kier molecular flexibility index (Phi) is 8.45. The van der Waals surface area contributed by atoms with Gasteiger partial charge in [0.25, 0.3) is 0 Å². The Morgan fingerprint density at radius 1 is 1.13 bits per heavy atom. The molecule has 0 saturated heterocycles. The molecule has 3 rings (SSSR count). The molecule has 0 aliphatic carbocycles. The number of para-hydroxylation sites is 1. The fourth-order valence-electron chi connectivity index (χ4n) is 3.59. The van der Waals surface area contributed by atoms with E-state index in [0.29, 0.717) is 19.6 Å². The third-order valence-electron chi connectivity index (χ3n) is 5.30. The number of hydrogen-bond donors (Lipinski definition) is 0. The van der Waals surface area contributed by atoms with Crippen LogP contribution in [0, 0.1) is 0 Å². The van der Waals surface area contributed by atoms with Gasteiger partial charge in [-0.1, -0.05) is 24.6 Å². The van der Waals surface area contributed by atoms with Gasteiger partial charge in [-0.25, -0.2) is 0 Å². The van der Waals surface area contributed by atoms with Gasteiger partial charge in [0.2, 0.25) is 0 Å². The summed E-state index contributed by atoms with van der Waals surface area (Å²) in [5.41, 5.74) is 2.73. The van der Waals surface area contributed by atoms with Crippen molar-refractivity contribution in [3.63, 3.8) is 0 Å². The molecular weight excluding hydrogens is 376 g/mol. The van der Waals surface area contributed by atoms with Gasteiger partial charge in [-0.05, 0) is 69.6 Å². The number of hydrogen-bond acceptors (Lipinski definition) is 5. The summed E-state index contributed by atoms with van der Waals surface area (Å²) in [6.07, 6.45) is 6.35. The number of likely N-dealkylation sites (N-methyl/N-ethyl adjacent to an activating group) is 1. The summed E-state index contributed by atoms with van der Waals surface area (Å²) in [5.74, 6) is 1.92. The molecule has 5 heteroatoms. The van der Waals surface area contributed by atoms with Gasteiger partial charge in [0.15, 0.2) is 5.78 Å². The number of benzene rings is 2. The Bertz CT molecular complexity index is 863. The van der Waals surface area contributed by atoms with E-state index in [4.69, 9.17) is 9.47 Å². The lowest BCUT2D eigenvalue weighted by Crippen LogP contribution is -2.22. The predicted octanol–water partition coefficient (Wildman–Crippen LogP) is 5.10. The summed E-state index contributed by atoms with van der Waals surface area (Å²) in [6.45, 7) is 5.24. The molecule has 0 atom stereocenters. The molecule has 0 amide bonds. The molecule has 0 aromatic heterocycles. The van der Waals surface area contributed by atoms with Crippen molar-refractivity contribution in [2.75, 3.05) is 33.4 Å². The van der Waals surface area contributed by atoms with E-state index in [0.717, 1.165) is 61.5 Å². The second kappa shape index (κ2) is 11.5. The lowest BCUT2D eigenvalue weighted by atomic mass is 10.0. The molecule has 5 nitrogen and oxygen atoms in total. The molecule has 2 aromatic carbocycles. The molecule has 160 valence electrons. The molecule has 0 radical (unpaired) electrons. The number of fused-ring (bicyclic) bond motifs is 1. The first-order valence-corrected chi connectivity index (χ1v) is 10.9. The smallest absolute Gasteiger partial charge is 0.162 e. The summed E-state index contributed by atoms with van der Waals surface area (Å²) < 4.78 is 11.2. The van der Waals surface area contributed by atoms with Gasteiger partial charge in [0, 0.05) is 24.7 Å². The average Bonchev–Trinajstić information content (AvgIpc) is 2.78. The fraction of sp³-hybridized carbons (Fsp3) is 0.440. The third kappa shape index (κ3) is 6.42. The Balaban J connectivity index is 1.33. The van der Waals surface area contributed by atoms with Crippen LogP contribution in [0.4, 0.5) is 5.69 Å². The van der Waals surface area contributed by atoms with E-state index in [1.54, 1.807) is 6.21 Å². The Hall–Kier alpha value is -2.66. The molecule has 1 aliphatic heterocycles. The molecule has 1 aliphatic rings. The summed E-state index contributed by atoms with van der Waals surface area (Å²) >= 11 is 0. The van der Waals surface area contributed by atoms with Crippen LogP contribution in [0.2, 0.25) is 0 Å². The highest BCUT2D eigenvalue weighted by atomic mass is 16.5. The van der Waals surface area contributed by atoms with Crippen LogP contribution in [0.1, 0.15) is 48.5 Å². The maximum absolute atomic E-state index is 12.5. The first-order valence-electron chi connectivity index (χ1n) is 10.9. The highest BCUT2D eigenvalue weighted by Gasteiger charge is 2.12. The van der Waals surface area contributed by atoms with Crippen molar-refractivity contribution in [3.8, 4) is 11.5 Å². The van der Waals surface area contributed by atoms with Gasteiger partial charge in [-0.3, -0.25) is 9.79 Å². The Morgan fingerprint density at radius 3 is 2.87 bits per heavy atom. The molecule has 0 N–H and O–H groups in total. The molecule has 0 spiro atoms. The van der Waals surface area contributed by atoms with Crippen LogP contribution in [0.3, 0.4) is 0 Å². The van der Waals surface area contributed by atoms with Crippen LogP contribution >= 0.6 is 0 Å². The second-order valence-electron chi connectivity index (χ2n) is 7.63. The van der Waals surface area contributed by atoms with Crippen molar-refractivity contribution in [1.82, 2.24) is 4.90 Å². The van der Waals surface area contributed by atoms with Crippen LogP contribution < -0.4 is 9.47 Å². The summed E-state index contributed by atoms with van der Waals surface area (Å²) in [7, 11) is 2.16. The van der Waals surface area contributed by atoms with Crippen LogP contribution in [-0.4, -0.2) is 50.2 Å². The van der Waals surface area contributed by atoms with E-state index < -0.39 is 0 Å². The van der Waals surface area contributed by atoms with Crippen molar-refractivity contribution in [2.45, 2.75) is 39.0 Å². The monoisotopic (exact) mass is 408 g/mol. The normalized spacial score (nSPS) is 12.5. The molecule has 0 fully saturated rings. The van der Waals surface area contributed by atoms with Crippen molar-refractivity contribution in [3.05, 3.63) is 53.6 Å².